The minimum atomic E-state index is -0.671. The maximum Gasteiger partial charge on any atom is 0.325 e. The van der Waals surface area contributed by atoms with Crippen LogP contribution in [0.15, 0.2) is 0 Å². The van der Waals surface area contributed by atoms with Gasteiger partial charge in [0.05, 0.1) is 26.4 Å². The Bertz CT molecular complexity index is 3280. The Balaban J connectivity index is 0.000000197. The fourth-order valence-corrected chi connectivity index (χ4v) is 20.9. The molecule has 13 saturated heterocycles. The number of piperidine rings is 6. The highest BCUT2D eigenvalue weighted by Crippen LogP contribution is 2.29. The first-order valence-corrected chi connectivity index (χ1v) is 51.3. The highest BCUT2D eigenvalue weighted by Gasteiger charge is 2.45. The van der Waals surface area contributed by atoms with Gasteiger partial charge in [0.25, 0.3) is 5.91 Å². The monoisotopic (exact) mass is 1890 g/mol. The van der Waals surface area contributed by atoms with Crippen molar-refractivity contribution in [3.05, 3.63) is 0 Å². The molecule has 6 unspecified atom stereocenters. The summed E-state index contributed by atoms with van der Waals surface area (Å²) in [5.41, 5.74) is 0. The Morgan fingerprint density at radius 2 is 0.541 bits per heavy atom. The van der Waals surface area contributed by atoms with Crippen LogP contribution in [0, 0.1) is 0 Å². The van der Waals surface area contributed by atoms with Gasteiger partial charge in [0.2, 0.25) is 0 Å². The smallest absolute Gasteiger partial charge is 0.325 e. The van der Waals surface area contributed by atoms with E-state index in [4.69, 9.17) is 28.4 Å². The average Bonchev–Trinajstić information content (AvgIpc) is 0.839. The predicted octanol–water partition coefficient (Wildman–Crippen LogP) is 0.494. The van der Waals surface area contributed by atoms with Crippen molar-refractivity contribution in [2.24, 2.45) is 0 Å². The van der Waals surface area contributed by atoms with Gasteiger partial charge in [0.15, 0.2) is 6.61 Å². The SMILES string of the molecule is CCCCCCOC(=O)C1CN(C)CCN1C1CCN(C)CC1.CN(C)CCCOC(=O)C1CN(C)CCN1C1CCN(C)CC1.CN(C)CCOC(=O)C1CN(C)CCN1C1CCN(C)CC1.CN1CCC(N2CCN(C)CC2C(=O)O)CC1.CN1CCC(N2CCN(C)CC2C(=O)OCC(=O)N(C)C)CC1.CN1CCC(N2CCN(C)CC2C(=O)OCCN2CCOCC2)CC1. The van der Waals surface area contributed by atoms with Crippen molar-refractivity contribution in [3.63, 3.8) is 0 Å². The van der Waals surface area contributed by atoms with Crippen molar-refractivity contribution >= 4 is 41.7 Å². The summed E-state index contributed by atoms with van der Waals surface area (Å²) < 4.78 is 33.0. The zero-order valence-electron chi connectivity index (χ0n) is 86.7. The highest BCUT2D eigenvalue weighted by atomic mass is 16.6. The number of aliphatic carboxylic acids is 1. The molecular formula is C97H188N22O14. The molecule has 13 fully saturated rings. The Hall–Kier alpha value is -4.59. The fraction of sp³-hybridized carbons (Fsp3) is 0.928. The largest absolute Gasteiger partial charge is 0.480 e. The van der Waals surface area contributed by atoms with Crippen molar-refractivity contribution in [2.45, 2.75) is 189 Å². The second-order valence-electron chi connectivity index (χ2n) is 41.7. The molecule has 13 aliphatic rings. The van der Waals surface area contributed by atoms with E-state index in [0.29, 0.717) is 75.8 Å². The number of carbonyl (C=O) groups excluding carboxylic acids is 6. The summed E-state index contributed by atoms with van der Waals surface area (Å²) in [6.07, 6.45) is 19.1. The number of unbranched alkanes of at least 4 members (excludes halogenated alkanes) is 3. The number of morpholine rings is 1. The van der Waals surface area contributed by atoms with Crippen LogP contribution >= 0.6 is 0 Å². The maximum atomic E-state index is 12.8. The third-order valence-corrected chi connectivity index (χ3v) is 29.9. The number of piperazine rings is 6. The van der Waals surface area contributed by atoms with E-state index in [2.05, 4.69) is 175 Å². The number of likely N-dealkylation sites (N-methyl/N-ethyl adjacent to an activating group) is 8. The van der Waals surface area contributed by atoms with Gasteiger partial charge in [0, 0.05) is 201 Å². The third kappa shape index (κ3) is 39.8. The van der Waals surface area contributed by atoms with Crippen LogP contribution in [0.4, 0.5) is 0 Å². The molecular weight excluding hydrogens is 1700 g/mol. The van der Waals surface area contributed by atoms with Gasteiger partial charge in [-0.25, -0.2) is 0 Å². The number of carboxylic acids is 1. The summed E-state index contributed by atoms with van der Waals surface area (Å²) in [5.74, 6) is -1.26. The molecule has 13 aliphatic heterocycles. The second-order valence-corrected chi connectivity index (χ2v) is 41.7. The van der Waals surface area contributed by atoms with Crippen LogP contribution in [-0.2, 0) is 62.0 Å². The van der Waals surface area contributed by atoms with Gasteiger partial charge in [-0.3, -0.25) is 67.9 Å². The first kappa shape index (κ1) is 114. The molecule has 0 aromatic carbocycles. The number of rotatable bonds is 29. The van der Waals surface area contributed by atoms with Crippen molar-refractivity contribution in [1.29, 1.82) is 0 Å². The molecule has 0 spiro atoms. The van der Waals surface area contributed by atoms with Gasteiger partial charge in [-0.05, 0) is 281 Å². The van der Waals surface area contributed by atoms with Crippen LogP contribution < -0.4 is 0 Å². The molecule has 36 nitrogen and oxygen atoms in total. The van der Waals surface area contributed by atoms with Gasteiger partial charge in [-0.15, -0.1) is 0 Å². The molecule has 770 valence electrons. The number of nitrogens with zero attached hydrogens (tertiary/aromatic N) is 22. The molecule has 36 heteroatoms. The van der Waals surface area contributed by atoms with E-state index in [9.17, 15) is 38.7 Å². The van der Waals surface area contributed by atoms with E-state index in [1.54, 1.807) is 14.1 Å². The highest BCUT2D eigenvalue weighted by molar-refractivity contribution is 5.82. The summed E-state index contributed by atoms with van der Waals surface area (Å²) in [6, 6.07) is 2.03. The predicted molar refractivity (Wildman–Crippen MR) is 525 cm³/mol. The molecule has 13 rings (SSSR count). The Morgan fingerprint density at radius 1 is 0.286 bits per heavy atom. The maximum absolute atomic E-state index is 12.8. The molecule has 0 saturated carbocycles. The molecule has 0 aromatic heterocycles. The number of esters is 5. The molecule has 0 radical (unpaired) electrons. The summed E-state index contributed by atoms with van der Waals surface area (Å²) in [4.78, 5) is 135. The van der Waals surface area contributed by atoms with Crippen LogP contribution in [0.1, 0.15) is 116 Å². The summed E-state index contributed by atoms with van der Waals surface area (Å²) in [7, 11) is 36.8. The van der Waals surface area contributed by atoms with Crippen molar-refractivity contribution in [2.75, 3.05) is 402 Å². The summed E-state index contributed by atoms with van der Waals surface area (Å²) >= 11 is 0. The number of ether oxygens (including phenoxy) is 6. The molecule has 13 heterocycles. The van der Waals surface area contributed by atoms with Gasteiger partial charge in [-0.2, -0.15) is 0 Å². The fourth-order valence-electron chi connectivity index (χ4n) is 20.9. The molecule has 133 heavy (non-hydrogen) atoms. The quantitative estimate of drug-likeness (QED) is 0.0607. The van der Waals surface area contributed by atoms with E-state index in [1.807, 2.05) is 47.2 Å². The molecule has 0 bridgehead atoms. The first-order valence-electron chi connectivity index (χ1n) is 51.3. The van der Waals surface area contributed by atoms with Crippen molar-refractivity contribution < 1.29 is 67.1 Å². The minimum Gasteiger partial charge on any atom is -0.480 e. The Labute approximate surface area is 803 Å². The molecule has 1 N–H and O–H groups in total. The topological polar surface area (TPSA) is 266 Å². The van der Waals surface area contributed by atoms with E-state index in [-0.39, 0.29) is 78.6 Å². The van der Waals surface area contributed by atoms with E-state index < -0.39 is 5.97 Å². The number of carbonyl (C=O) groups is 7. The number of likely N-dealkylation sites (tertiary alicyclic amines) is 6. The van der Waals surface area contributed by atoms with Crippen molar-refractivity contribution in [3.8, 4) is 0 Å². The van der Waals surface area contributed by atoms with Gasteiger partial charge in [-0.1, -0.05) is 26.2 Å². The van der Waals surface area contributed by atoms with E-state index in [1.165, 1.54) is 30.6 Å². The van der Waals surface area contributed by atoms with E-state index >= 15 is 0 Å². The average molecular weight is 1890 g/mol. The number of hydrogen-bond acceptors (Lipinski definition) is 34. The van der Waals surface area contributed by atoms with Crippen LogP contribution in [0.25, 0.3) is 0 Å². The standard InChI is InChI=1S/C18H34N4O3.C18H35N3O2.C17H34N4O2.C16H30N4O3.C16H32N4O2.C12H23N3O2/c1-19-5-3-16(4-6-19)22-8-7-20(2)15-17(22)18(23)25-14-11-21-9-12-24-13-10-21;1-4-5-6-7-14-23-18(22)17-15-20(3)12-13-21(17)16-8-10-19(2)11-9-16;1-18(2)8-5-13-23-17(22)16-14-20(4)11-12-21(16)15-6-9-19(3)10-7-15;1-17(2)15(21)12-23-16(22)14-11-19(4)9-10-20(14)13-5-7-18(3)8-6-13;1-17(2)11-12-22-16(21)15-13-19(4)9-10-20(15)14-5-7-18(3)8-6-14;1-13-5-3-10(4-6-13)15-8-7-14(2)9-11(15)12(16)17/h16-17H,3-15H2,1-2H3;16-17H,4-15H2,1-3H3;15-16H,5-14H2,1-4H3;13-14H,5-12H2,1-4H3;14-15H,5-13H2,1-4H3;10-11H,3-9H2,1-2H3,(H,16,17). The van der Waals surface area contributed by atoms with Crippen molar-refractivity contribution in [1.82, 2.24) is 108 Å². The lowest BCUT2D eigenvalue weighted by atomic mass is 9.99. The Morgan fingerprint density at radius 3 is 0.812 bits per heavy atom. The zero-order chi connectivity index (χ0) is 96.6. The van der Waals surface area contributed by atoms with Gasteiger partial charge in [0.1, 0.15) is 49.5 Å². The minimum absolute atomic E-state index is 0.00743. The normalized spacial score (nSPS) is 27.0. The molecule has 0 aliphatic carbocycles. The second kappa shape index (κ2) is 60.5. The third-order valence-electron chi connectivity index (χ3n) is 29.9. The molecule has 1 amide bonds. The van der Waals surface area contributed by atoms with Crippen LogP contribution in [0.2, 0.25) is 0 Å². The summed E-state index contributed by atoms with van der Waals surface area (Å²) in [5, 5.41) is 9.33. The van der Waals surface area contributed by atoms with E-state index in [0.717, 1.165) is 313 Å². The first-order chi connectivity index (χ1) is 63.6. The number of hydrogen-bond donors (Lipinski definition) is 1. The van der Waals surface area contributed by atoms with Gasteiger partial charge < -0.3 is 107 Å². The summed E-state index contributed by atoms with van der Waals surface area (Å²) in [6.45, 7) is 39.7. The van der Waals surface area contributed by atoms with Crippen LogP contribution in [-0.4, -0.2) is 629 Å². The lowest BCUT2D eigenvalue weighted by molar-refractivity contribution is -0.159. The van der Waals surface area contributed by atoms with Crippen LogP contribution in [0.5, 0.6) is 0 Å². The van der Waals surface area contributed by atoms with Crippen LogP contribution in [0.3, 0.4) is 0 Å². The number of carboxylic acid groups (broad SMARTS) is 1. The zero-order valence-corrected chi connectivity index (χ0v) is 86.7. The lowest BCUT2D eigenvalue weighted by Crippen LogP contribution is -2.60. The molecule has 6 atom stereocenters. The lowest BCUT2D eigenvalue weighted by Gasteiger charge is -2.45. The van der Waals surface area contributed by atoms with Gasteiger partial charge >= 0.3 is 35.8 Å². The molecule has 0 aromatic rings. The number of amides is 1. The Kier molecular flexibility index (Phi) is 51.7.